The number of pyridine rings is 1. The van der Waals surface area contributed by atoms with E-state index in [0.29, 0.717) is 16.6 Å². The van der Waals surface area contributed by atoms with E-state index in [1.54, 1.807) is 30.3 Å². The number of aryl methyl sites for hydroxylation is 1. The van der Waals surface area contributed by atoms with Gasteiger partial charge in [0.15, 0.2) is 0 Å². The van der Waals surface area contributed by atoms with Crippen LogP contribution in [0.25, 0.3) is 22.2 Å². The van der Waals surface area contributed by atoms with Gasteiger partial charge in [0.1, 0.15) is 11.5 Å². The van der Waals surface area contributed by atoms with Gasteiger partial charge in [-0.1, -0.05) is 0 Å². The number of nitrogens with one attached hydrogen (secondary N) is 1. The van der Waals surface area contributed by atoms with Crippen LogP contribution in [0.1, 0.15) is 0 Å². The lowest BCUT2D eigenvalue weighted by Crippen LogP contribution is -1.89. The van der Waals surface area contributed by atoms with Crippen molar-refractivity contribution in [2.75, 3.05) is 0 Å². The van der Waals surface area contributed by atoms with E-state index in [1.807, 2.05) is 0 Å². The number of halogens is 2. The summed E-state index contributed by atoms with van der Waals surface area (Å²) in [6, 6.07) is 0. The molecule has 0 aromatic carbocycles. The second kappa shape index (κ2) is 3.80. The summed E-state index contributed by atoms with van der Waals surface area (Å²) < 4.78 is 16.8. The summed E-state index contributed by atoms with van der Waals surface area (Å²) >= 11 is 2.09. The van der Waals surface area contributed by atoms with Crippen molar-refractivity contribution >= 4 is 33.6 Å². The van der Waals surface area contributed by atoms with E-state index in [2.05, 4.69) is 37.7 Å². The van der Waals surface area contributed by atoms with Crippen molar-refractivity contribution in [1.29, 1.82) is 0 Å². The van der Waals surface area contributed by atoms with Gasteiger partial charge in [-0.15, -0.1) is 0 Å². The lowest BCUT2D eigenvalue weighted by Gasteiger charge is -2.01. The average molecular weight is 342 g/mol. The third-order valence-corrected chi connectivity index (χ3v) is 3.46. The Morgan fingerprint density at radius 3 is 2.94 bits per heavy atom. The topological polar surface area (TPSA) is 46.5 Å². The maximum absolute atomic E-state index is 14.4. The number of hydrogen-bond acceptors (Lipinski definition) is 2. The molecule has 1 N–H and O–H groups in total. The minimum atomic E-state index is -0.256. The van der Waals surface area contributed by atoms with E-state index in [4.69, 9.17) is 0 Å². The Kier molecular flexibility index (Phi) is 2.39. The van der Waals surface area contributed by atoms with Crippen molar-refractivity contribution < 1.29 is 4.39 Å². The van der Waals surface area contributed by atoms with Crippen LogP contribution in [0.2, 0.25) is 0 Å². The minimum Gasteiger partial charge on any atom is -0.345 e. The molecule has 17 heavy (non-hydrogen) atoms. The molecule has 0 fully saturated rings. The van der Waals surface area contributed by atoms with E-state index < -0.39 is 0 Å². The molecule has 0 spiro atoms. The van der Waals surface area contributed by atoms with Gasteiger partial charge in [-0.2, -0.15) is 5.10 Å². The van der Waals surface area contributed by atoms with Crippen LogP contribution >= 0.6 is 22.6 Å². The summed E-state index contributed by atoms with van der Waals surface area (Å²) in [5.41, 5.74) is 1.78. The monoisotopic (exact) mass is 342 g/mol. The third kappa shape index (κ3) is 1.63. The fourth-order valence-electron chi connectivity index (χ4n) is 1.78. The van der Waals surface area contributed by atoms with Gasteiger partial charge >= 0.3 is 0 Å². The van der Waals surface area contributed by atoms with Gasteiger partial charge in [0.2, 0.25) is 0 Å². The maximum atomic E-state index is 14.4. The first-order chi connectivity index (χ1) is 8.16. The molecule has 0 saturated carbocycles. The second-order valence-corrected chi connectivity index (χ2v) is 4.91. The van der Waals surface area contributed by atoms with Gasteiger partial charge < -0.3 is 4.98 Å². The maximum Gasteiger partial charge on any atom is 0.144 e. The first-order valence-corrected chi connectivity index (χ1v) is 6.05. The summed E-state index contributed by atoms with van der Waals surface area (Å²) in [5.74, 6) is -0.256. The molecule has 3 heterocycles. The lowest BCUT2D eigenvalue weighted by atomic mass is 10.1. The quantitative estimate of drug-likeness (QED) is 0.692. The molecular weight excluding hydrogens is 334 g/mol. The number of rotatable bonds is 1. The van der Waals surface area contributed by atoms with Gasteiger partial charge in [0.05, 0.1) is 11.6 Å². The van der Waals surface area contributed by atoms with Gasteiger partial charge in [-0.3, -0.25) is 4.68 Å². The molecule has 0 unspecified atom stereocenters. The van der Waals surface area contributed by atoms with Crippen molar-refractivity contribution in [1.82, 2.24) is 19.7 Å². The third-order valence-electron chi connectivity index (χ3n) is 2.61. The molecule has 6 heteroatoms. The number of H-pyrrole nitrogens is 1. The van der Waals surface area contributed by atoms with E-state index in [1.165, 1.54) is 6.20 Å². The standard InChI is InChI=1S/C11H8FIN4/c1-17-5-6(2-16-17)7-3-14-11-9(10(7)12)8(13)4-15-11/h2-5H,1H3,(H,14,15). The SMILES string of the molecule is Cn1cc(-c2cnc3[nH]cc(I)c3c2F)cn1. The van der Waals surface area contributed by atoms with Gasteiger partial charge in [0, 0.05) is 40.3 Å². The molecule has 0 aliphatic heterocycles. The predicted octanol–water partition coefficient (Wildman–Crippen LogP) is 2.71. The van der Waals surface area contributed by atoms with Crippen LogP contribution in [0.4, 0.5) is 4.39 Å². The van der Waals surface area contributed by atoms with Crippen LogP contribution in [0, 0.1) is 9.39 Å². The van der Waals surface area contributed by atoms with Crippen LogP contribution in [0.5, 0.6) is 0 Å². The molecule has 86 valence electrons. The van der Waals surface area contributed by atoms with E-state index in [0.717, 1.165) is 9.13 Å². The molecule has 0 radical (unpaired) electrons. The van der Waals surface area contributed by atoms with Gasteiger partial charge in [-0.05, 0) is 22.6 Å². The Bertz CT molecular complexity index is 701. The number of hydrogen-bond donors (Lipinski definition) is 1. The van der Waals surface area contributed by atoms with Crippen LogP contribution in [-0.4, -0.2) is 19.7 Å². The molecule has 3 aromatic heterocycles. The minimum absolute atomic E-state index is 0.256. The van der Waals surface area contributed by atoms with Crippen molar-refractivity contribution in [2.45, 2.75) is 0 Å². The van der Waals surface area contributed by atoms with Crippen molar-refractivity contribution in [3.05, 3.63) is 34.2 Å². The fourth-order valence-corrected chi connectivity index (χ4v) is 2.43. The molecule has 3 aromatic rings. The van der Waals surface area contributed by atoms with Crippen molar-refractivity contribution in [2.24, 2.45) is 7.05 Å². The Hall–Kier alpha value is -1.44. The van der Waals surface area contributed by atoms with Gasteiger partial charge in [0.25, 0.3) is 0 Å². The van der Waals surface area contributed by atoms with Crippen LogP contribution < -0.4 is 0 Å². The normalized spacial score (nSPS) is 11.2. The Balaban J connectivity index is 2.30. The van der Waals surface area contributed by atoms with E-state index >= 15 is 0 Å². The van der Waals surface area contributed by atoms with E-state index in [9.17, 15) is 4.39 Å². The van der Waals surface area contributed by atoms with Crippen LogP contribution in [0.3, 0.4) is 0 Å². The first-order valence-electron chi connectivity index (χ1n) is 4.97. The molecular formula is C11H8FIN4. The summed E-state index contributed by atoms with van der Waals surface area (Å²) in [4.78, 5) is 7.14. The van der Waals surface area contributed by atoms with Gasteiger partial charge in [-0.25, -0.2) is 9.37 Å². The summed E-state index contributed by atoms with van der Waals surface area (Å²) in [6.07, 6.45) is 6.67. The largest absolute Gasteiger partial charge is 0.345 e. The predicted molar refractivity (Wildman–Crippen MR) is 71.0 cm³/mol. The summed E-state index contributed by atoms with van der Waals surface area (Å²) in [5, 5.41) is 4.57. The average Bonchev–Trinajstić information content (AvgIpc) is 2.87. The number of nitrogens with zero attached hydrogens (tertiary/aromatic N) is 3. The first kappa shape index (κ1) is 10.7. The Labute approximate surface area is 110 Å². The molecule has 0 amide bonds. The Morgan fingerprint density at radius 2 is 2.24 bits per heavy atom. The summed E-state index contributed by atoms with van der Waals surface area (Å²) in [6.45, 7) is 0. The van der Waals surface area contributed by atoms with Crippen molar-refractivity contribution in [3.8, 4) is 11.1 Å². The number of fused-ring (bicyclic) bond motifs is 1. The highest BCUT2D eigenvalue weighted by atomic mass is 127. The number of aromatic nitrogens is 4. The zero-order valence-corrected chi connectivity index (χ0v) is 11.1. The van der Waals surface area contributed by atoms with Crippen molar-refractivity contribution in [3.63, 3.8) is 0 Å². The molecule has 3 rings (SSSR count). The molecule has 0 aliphatic rings. The smallest absolute Gasteiger partial charge is 0.144 e. The number of aromatic amines is 1. The second-order valence-electron chi connectivity index (χ2n) is 3.75. The highest BCUT2D eigenvalue weighted by Gasteiger charge is 2.14. The van der Waals surface area contributed by atoms with E-state index in [-0.39, 0.29) is 5.82 Å². The lowest BCUT2D eigenvalue weighted by molar-refractivity contribution is 0.641. The van der Waals surface area contributed by atoms with Crippen LogP contribution in [-0.2, 0) is 7.05 Å². The highest BCUT2D eigenvalue weighted by Crippen LogP contribution is 2.29. The molecule has 4 nitrogen and oxygen atoms in total. The molecule has 0 aliphatic carbocycles. The Morgan fingerprint density at radius 1 is 1.41 bits per heavy atom. The fraction of sp³-hybridized carbons (Fsp3) is 0.0909. The zero-order chi connectivity index (χ0) is 12.0. The van der Waals surface area contributed by atoms with Crippen LogP contribution in [0.15, 0.2) is 24.8 Å². The summed E-state index contributed by atoms with van der Waals surface area (Å²) in [7, 11) is 1.80. The zero-order valence-electron chi connectivity index (χ0n) is 8.91. The molecule has 0 saturated heterocycles. The highest BCUT2D eigenvalue weighted by molar-refractivity contribution is 14.1. The molecule has 0 bridgehead atoms. The molecule has 0 atom stereocenters.